The number of thioether (sulfide) groups is 1. The first-order valence-electron chi connectivity index (χ1n) is 8.40. The van der Waals surface area contributed by atoms with Crippen LogP contribution in [0.4, 0.5) is 5.69 Å². The van der Waals surface area contributed by atoms with Gasteiger partial charge in [0.15, 0.2) is 0 Å². The van der Waals surface area contributed by atoms with Gasteiger partial charge in [-0.1, -0.05) is 11.6 Å². The molecule has 27 heavy (non-hydrogen) atoms. The third-order valence-corrected chi connectivity index (χ3v) is 6.25. The van der Waals surface area contributed by atoms with Gasteiger partial charge in [0.05, 0.1) is 15.7 Å². The van der Waals surface area contributed by atoms with Crippen LogP contribution in [0.3, 0.4) is 0 Å². The zero-order chi connectivity index (χ0) is 19.0. The average molecular weight is 421 g/mol. The molecule has 0 radical (unpaired) electrons. The number of hydrogen-bond acceptors (Lipinski definition) is 5. The number of H-pyrrole nitrogens is 1. The van der Waals surface area contributed by atoms with Gasteiger partial charge in [-0.3, -0.25) is 14.6 Å². The highest BCUT2D eigenvalue weighted by Crippen LogP contribution is 2.30. The molecule has 0 fully saturated rings. The lowest BCUT2D eigenvalue weighted by Crippen LogP contribution is -2.53. The number of rotatable bonds is 5. The predicted molar refractivity (Wildman–Crippen MR) is 111 cm³/mol. The van der Waals surface area contributed by atoms with Crippen molar-refractivity contribution in [3.8, 4) is 0 Å². The summed E-state index contributed by atoms with van der Waals surface area (Å²) in [5, 5.41) is 3.75. The van der Waals surface area contributed by atoms with E-state index in [1.54, 1.807) is 28.9 Å². The number of hydrogen-bond donors (Lipinski definition) is 2. The molecule has 1 unspecified atom stereocenters. The van der Waals surface area contributed by atoms with Gasteiger partial charge in [-0.2, -0.15) is 11.8 Å². The first kappa shape index (κ1) is 18.3. The standard InChI is InChI=1S/C18H17ClN4O2S2/c1-26-6-5-23-14-3-2-4-20-11(14)9-13(18(23)25)21-16(24)12-7-10-8-15(19)27-17(10)22-12/h2-4,7-8,13,22H,5-6,9H2,1H3,(H,21,24). The second kappa shape index (κ2) is 7.53. The van der Waals surface area contributed by atoms with Crippen molar-refractivity contribution >= 4 is 62.4 Å². The Kier molecular flexibility index (Phi) is 5.12. The molecular weight excluding hydrogens is 404 g/mol. The molecule has 2 amide bonds. The zero-order valence-corrected chi connectivity index (χ0v) is 16.9. The Hall–Kier alpha value is -2.03. The van der Waals surface area contributed by atoms with Gasteiger partial charge in [-0.25, -0.2) is 0 Å². The van der Waals surface area contributed by atoms with E-state index in [1.807, 2.05) is 24.5 Å². The largest absolute Gasteiger partial charge is 0.342 e. The molecule has 3 aromatic rings. The maximum atomic E-state index is 13.0. The minimum Gasteiger partial charge on any atom is -0.342 e. The van der Waals surface area contributed by atoms with Gasteiger partial charge in [-0.05, 0) is 30.5 Å². The van der Waals surface area contributed by atoms with Gasteiger partial charge >= 0.3 is 0 Å². The number of aromatic amines is 1. The first-order valence-corrected chi connectivity index (χ1v) is 11.0. The summed E-state index contributed by atoms with van der Waals surface area (Å²) in [5.74, 6) is 0.403. The number of amides is 2. The van der Waals surface area contributed by atoms with Gasteiger partial charge in [0.25, 0.3) is 5.91 Å². The van der Waals surface area contributed by atoms with Crippen LogP contribution in [0.2, 0.25) is 4.34 Å². The lowest BCUT2D eigenvalue weighted by Gasteiger charge is -2.33. The van der Waals surface area contributed by atoms with Crippen LogP contribution in [0.25, 0.3) is 10.2 Å². The van der Waals surface area contributed by atoms with Gasteiger partial charge in [0.1, 0.15) is 16.6 Å². The van der Waals surface area contributed by atoms with Crippen molar-refractivity contribution < 1.29 is 9.59 Å². The van der Waals surface area contributed by atoms with Crippen molar-refractivity contribution in [1.82, 2.24) is 15.3 Å². The number of pyridine rings is 1. The summed E-state index contributed by atoms with van der Waals surface area (Å²) in [6.45, 7) is 0.585. The van der Waals surface area contributed by atoms with Crippen molar-refractivity contribution in [2.75, 3.05) is 23.5 Å². The molecule has 0 aliphatic carbocycles. The lowest BCUT2D eigenvalue weighted by molar-refractivity contribution is -0.120. The van der Waals surface area contributed by atoms with Crippen molar-refractivity contribution in [1.29, 1.82) is 0 Å². The Labute approximate surface area is 169 Å². The minimum atomic E-state index is -0.633. The van der Waals surface area contributed by atoms with Gasteiger partial charge in [0, 0.05) is 30.3 Å². The fourth-order valence-corrected chi connectivity index (χ4v) is 4.69. The smallest absolute Gasteiger partial charge is 0.268 e. The fourth-order valence-electron chi connectivity index (χ4n) is 3.20. The highest BCUT2D eigenvalue weighted by Gasteiger charge is 2.34. The maximum absolute atomic E-state index is 13.0. The van der Waals surface area contributed by atoms with Crippen LogP contribution in [0.15, 0.2) is 30.5 Å². The minimum absolute atomic E-state index is 0.102. The Morgan fingerprint density at radius 3 is 3.15 bits per heavy atom. The van der Waals surface area contributed by atoms with Crippen molar-refractivity contribution in [2.24, 2.45) is 0 Å². The summed E-state index contributed by atoms with van der Waals surface area (Å²) in [4.78, 5) is 35.7. The van der Waals surface area contributed by atoms with Crippen LogP contribution in [0, 0.1) is 0 Å². The van der Waals surface area contributed by atoms with E-state index < -0.39 is 6.04 Å². The van der Waals surface area contributed by atoms with E-state index in [2.05, 4.69) is 15.3 Å². The van der Waals surface area contributed by atoms with Crippen molar-refractivity contribution in [2.45, 2.75) is 12.5 Å². The predicted octanol–water partition coefficient (Wildman–Crippen LogP) is 3.33. The van der Waals surface area contributed by atoms with Crippen LogP contribution in [-0.2, 0) is 11.2 Å². The number of nitrogens with zero attached hydrogens (tertiary/aromatic N) is 2. The number of carbonyl (C=O) groups is 2. The average Bonchev–Trinajstić information content (AvgIpc) is 3.19. The second-order valence-corrected chi connectivity index (χ2v) is 8.87. The molecule has 140 valence electrons. The van der Waals surface area contributed by atoms with Gasteiger partial charge < -0.3 is 15.2 Å². The maximum Gasteiger partial charge on any atom is 0.268 e. The molecule has 2 N–H and O–H groups in total. The van der Waals surface area contributed by atoms with Crippen LogP contribution in [-0.4, -0.2) is 46.4 Å². The lowest BCUT2D eigenvalue weighted by atomic mass is 10.0. The summed E-state index contributed by atoms with van der Waals surface area (Å²) >= 11 is 9.03. The van der Waals surface area contributed by atoms with Crippen LogP contribution < -0.4 is 10.2 Å². The summed E-state index contributed by atoms with van der Waals surface area (Å²) in [6, 6.07) is 6.66. The number of halogens is 1. The Bertz CT molecular complexity index is 984. The van der Waals surface area contributed by atoms with E-state index >= 15 is 0 Å². The number of carbonyl (C=O) groups excluding carboxylic acids is 2. The number of nitrogens with one attached hydrogen (secondary N) is 2. The summed E-state index contributed by atoms with van der Waals surface area (Å²) in [5.41, 5.74) is 2.07. The summed E-state index contributed by atoms with van der Waals surface area (Å²) in [6.07, 6.45) is 4.10. The third-order valence-electron chi connectivity index (χ3n) is 4.47. The normalized spacial score (nSPS) is 16.6. The SMILES string of the molecule is CSCCN1C(=O)C(NC(=O)c2cc3cc(Cl)sc3[nH]2)Cc2ncccc21. The molecular formula is C18H17ClN4O2S2. The van der Waals surface area contributed by atoms with Gasteiger partial charge in [0.2, 0.25) is 5.91 Å². The zero-order valence-electron chi connectivity index (χ0n) is 14.5. The van der Waals surface area contributed by atoms with Crippen molar-refractivity contribution in [3.05, 3.63) is 46.2 Å². The molecule has 3 aromatic heterocycles. The molecule has 1 aliphatic rings. The van der Waals surface area contributed by atoms with E-state index in [9.17, 15) is 9.59 Å². The highest BCUT2D eigenvalue weighted by atomic mass is 35.5. The molecule has 4 heterocycles. The van der Waals surface area contributed by atoms with E-state index in [0.29, 0.717) is 23.0 Å². The number of thiophene rings is 1. The number of aromatic nitrogens is 2. The number of fused-ring (bicyclic) bond motifs is 2. The quantitative estimate of drug-likeness (QED) is 0.663. The third kappa shape index (κ3) is 3.56. The molecule has 0 saturated heterocycles. The first-order chi connectivity index (χ1) is 13.1. The number of anilines is 1. The highest BCUT2D eigenvalue weighted by molar-refractivity contribution is 7.98. The Balaban J connectivity index is 1.56. The molecule has 1 atom stereocenters. The van der Waals surface area contributed by atoms with E-state index in [0.717, 1.165) is 27.4 Å². The van der Waals surface area contributed by atoms with E-state index in [4.69, 9.17) is 11.6 Å². The van der Waals surface area contributed by atoms with Crippen LogP contribution in [0.1, 0.15) is 16.2 Å². The molecule has 0 bridgehead atoms. The molecule has 4 rings (SSSR count). The van der Waals surface area contributed by atoms with E-state index in [-0.39, 0.29) is 11.8 Å². The van der Waals surface area contributed by atoms with Crippen LogP contribution in [0.5, 0.6) is 0 Å². The molecule has 0 aromatic carbocycles. The summed E-state index contributed by atoms with van der Waals surface area (Å²) < 4.78 is 0.665. The van der Waals surface area contributed by atoms with E-state index in [1.165, 1.54) is 11.3 Å². The topological polar surface area (TPSA) is 78.1 Å². The Morgan fingerprint density at radius 2 is 2.37 bits per heavy atom. The Morgan fingerprint density at radius 1 is 1.52 bits per heavy atom. The van der Waals surface area contributed by atoms with Crippen molar-refractivity contribution in [3.63, 3.8) is 0 Å². The molecule has 1 aliphatic heterocycles. The molecule has 9 heteroatoms. The van der Waals surface area contributed by atoms with Gasteiger partial charge in [-0.15, -0.1) is 11.3 Å². The molecule has 0 saturated carbocycles. The van der Waals surface area contributed by atoms with Crippen LogP contribution >= 0.6 is 34.7 Å². The second-order valence-electron chi connectivity index (χ2n) is 6.20. The molecule has 0 spiro atoms. The monoisotopic (exact) mass is 420 g/mol. The molecule has 6 nitrogen and oxygen atoms in total. The fraction of sp³-hybridized carbons (Fsp3) is 0.278. The summed E-state index contributed by atoms with van der Waals surface area (Å²) in [7, 11) is 0.